The quantitative estimate of drug-likeness (QED) is 0.811. The summed E-state index contributed by atoms with van der Waals surface area (Å²) in [6.07, 6.45) is 2.05. The molecule has 1 aromatic rings. The van der Waals surface area contributed by atoms with Crippen molar-refractivity contribution in [3.8, 4) is 5.75 Å². The topological polar surface area (TPSA) is 70.7 Å². The molecule has 2 aliphatic rings. The molecule has 0 saturated carbocycles. The molecule has 0 unspecified atom stereocenters. The predicted molar refractivity (Wildman–Crippen MR) is 105 cm³/mol. The number of carbonyl (C=O) groups is 2. The van der Waals surface area contributed by atoms with E-state index < -0.39 is 5.82 Å². The number of nitrogens with zero attached hydrogens (tertiary/aromatic N) is 1. The Bertz CT molecular complexity index is 710. The molecule has 3 rings (SSSR count). The van der Waals surface area contributed by atoms with Gasteiger partial charge in [-0.2, -0.15) is 0 Å². The largest absolute Gasteiger partial charge is 0.493 e. The number of amides is 2. The van der Waals surface area contributed by atoms with Crippen LogP contribution in [0.2, 0.25) is 0 Å². The van der Waals surface area contributed by atoms with Crippen LogP contribution < -0.4 is 15.4 Å². The van der Waals surface area contributed by atoms with Gasteiger partial charge in [-0.1, -0.05) is 13.8 Å². The zero-order valence-corrected chi connectivity index (χ0v) is 16.7. The van der Waals surface area contributed by atoms with E-state index in [1.165, 1.54) is 18.2 Å². The normalized spacial score (nSPS) is 24.6. The molecule has 2 N–H and O–H groups in total. The van der Waals surface area contributed by atoms with E-state index in [2.05, 4.69) is 29.4 Å². The molecule has 2 amide bonds. The minimum atomic E-state index is -0.465. The molecule has 2 bridgehead atoms. The molecule has 154 valence electrons. The SMILES string of the molecule is CC(C)CN1C[C@H]2CC[C@@H](C1)C(=O)NCCCOc1ccc(F)cc1C(=O)N2. The fourth-order valence-electron chi connectivity index (χ4n) is 3.96. The maximum Gasteiger partial charge on any atom is 0.255 e. The van der Waals surface area contributed by atoms with Crippen molar-refractivity contribution in [1.29, 1.82) is 0 Å². The van der Waals surface area contributed by atoms with Crippen LogP contribution in [0.4, 0.5) is 4.39 Å². The summed E-state index contributed by atoms with van der Waals surface area (Å²) in [7, 11) is 0. The van der Waals surface area contributed by atoms with Crippen molar-refractivity contribution in [2.75, 3.05) is 32.8 Å². The smallest absolute Gasteiger partial charge is 0.255 e. The highest BCUT2D eigenvalue weighted by Gasteiger charge is 2.30. The second-order valence-corrected chi connectivity index (χ2v) is 8.19. The average molecular weight is 391 g/mol. The number of likely N-dealkylation sites (tertiary alicyclic amines) is 1. The minimum absolute atomic E-state index is 0.0697. The zero-order valence-electron chi connectivity index (χ0n) is 16.7. The molecule has 28 heavy (non-hydrogen) atoms. The van der Waals surface area contributed by atoms with Gasteiger partial charge in [-0.25, -0.2) is 4.39 Å². The summed E-state index contributed by atoms with van der Waals surface area (Å²) in [4.78, 5) is 27.7. The summed E-state index contributed by atoms with van der Waals surface area (Å²) >= 11 is 0. The van der Waals surface area contributed by atoms with E-state index in [1.807, 2.05) is 0 Å². The van der Waals surface area contributed by atoms with Crippen LogP contribution in [0.1, 0.15) is 43.5 Å². The van der Waals surface area contributed by atoms with Crippen LogP contribution >= 0.6 is 0 Å². The fraction of sp³-hybridized carbons (Fsp3) is 0.619. The molecule has 0 spiro atoms. The summed E-state index contributed by atoms with van der Waals surface area (Å²) in [5.74, 6) is 0.0167. The molecule has 6 nitrogen and oxygen atoms in total. The summed E-state index contributed by atoms with van der Waals surface area (Å²) in [6.45, 7) is 7.39. The van der Waals surface area contributed by atoms with Gasteiger partial charge < -0.3 is 20.3 Å². The third kappa shape index (κ3) is 5.44. The number of halogens is 1. The van der Waals surface area contributed by atoms with Crippen LogP contribution in [0.3, 0.4) is 0 Å². The molecule has 0 aromatic heterocycles. The minimum Gasteiger partial charge on any atom is -0.493 e. The van der Waals surface area contributed by atoms with Crippen molar-refractivity contribution in [2.24, 2.45) is 11.8 Å². The van der Waals surface area contributed by atoms with Gasteiger partial charge in [0.15, 0.2) is 0 Å². The average Bonchev–Trinajstić information content (AvgIpc) is 2.83. The maximum absolute atomic E-state index is 13.8. The number of hydrogen-bond acceptors (Lipinski definition) is 4. The van der Waals surface area contributed by atoms with E-state index in [0.29, 0.717) is 50.8 Å². The van der Waals surface area contributed by atoms with Gasteiger partial charge >= 0.3 is 0 Å². The lowest BCUT2D eigenvalue weighted by Crippen LogP contribution is -2.44. The van der Waals surface area contributed by atoms with E-state index >= 15 is 0 Å². The van der Waals surface area contributed by atoms with Gasteiger partial charge in [0.05, 0.1) is 18.1 Å². The molecule has 1 fully saturated rings. The van der Waals surface area contributed by atoms with Gasteiger partial charge in [0.25, 0.3) is 5.91 Å². The highest BCUT2D eigenvalue weighted by molar-refractivity contribution is 5.97. The first-order valence-corrected chi connectivity index (χ1v) is 10.2. The van der Waals surface area contributed by atoms with Crippen LogP contribution in [0, 0.1) is 17.7 Å². The van der Waals surface area contributed by atoms with Gasteiger partial charge in [0.1, 0.15) is 11.6 Å². The van der Waals surface area contributed by atoms with Gasteiger partial charge in [0, 0.05) is 32.2 Å². The van der Waals surface area contributed by atoms with E-state index in [4.69, 9.17) is 4.74 Å². The van der Waals surface area contributed by atoms with Crippen LogP contribution in [0.15, 0.2) is 18.2 Å². The Morgan fingerprint density at radius 3 is 2.86 bits per heavy atom. The Morgan fingerprint density at radius 2 is 2.07 bits per heavy atom. The lowest BCUT2D eigenvalue weighted by molar-refractivity contribution is -0.125. The Morgan fingerprint density at radius 1 is 1.25 bits per heavy atom. The fourth-order valence-corrected chi connectivity index (χ4v) is 3.96. The van der Waals surface area contributed by atoms with Crippen molar-refractivity contribution in [3.63, 3.8) is 0 Å². The second kappa shape index (κ2) is 9.37. The number of ether oxygens (including phenoxy) is 1. The monoisotopic (exact) mass is 391 g/mol. The van der Waals surface area contributed by atoms with Crippen LogP contribution in [-0.2, 0) is 4.79 Å². The molecular weight excluding hydrogens is 361 g/mol. The number of nitrogens with one attached hydrogen (secondary N) is 2. The third-order valence-corrected chi connectivity index (χ3v) is 5.21. The molecule has 1 aromatic carbocycles. The number of rotatable bonds is 2. The van der Waals surface area contributed by atoms with Crippen LogP contribution in [0.5, 0.6) is 5.75 Å². The van der Waals surface area contributed by atoms with E-state index in [-0.39, 0.29) is 29.3 Å². The van der Waals surface area contributed by atoms with Gasteiger partial charge in [-0.15, -0.1) is 0 Å². The van der Waals surface area contributed by atoms with Crippen molar-refractivity contribution < 1.29 is 18.7 Å². The summed E-state index contributed by atoms with van der Waals surface area (Å²) in [5.41, 5.74) is 0.220. The number of hydrogen-bond donors (Lipinski definition) is 2. The predicted octanol–water partition coefficient (Wildman–Crippen LogP) is 2.19. The number of benzene rings is 1. The lowest BCUT2D eigenvalue weighted by Gasteiger charge is -2.27. The first kappa shape index (κ1) is 20.6. The Balaban J connectivity index is 1.86. The van der Waals surface area contributed by atoms with Gasteiger partial charge in [0.2, 0.25) is 5.91 Å². The summed E-state index contributed by atoms with van der Waals surface area (Å²) < 4.78 is 19.4. The Kier molecular flexibility index (Phi) is 6.88. The van der Waals surface area contributed by atoms with E-state index in [0.717, 1.165) is 13.0 Å². The van der Waals surface area contributed by atoms with Gasteiger partial charge in [-0.3, -0.25) is 9.59 Å². The Hall–Kier alpha value is -2.15. The molecule has 1 saturated heterocycles. The standard InChI is InChI=1S/C21H30FN3O3/c1-14(2)11-25-12-15-4-6-17(13-25)24-21(27)18-10-16(22)5-7-19(18)28-9-3-8-23-20(15)26/h5,7,10,14-15,17H,3-4,6,8-9,11-13H2,1-2H3,(H,23,26)(H,24,27)/t15-,17+/m0/s1. The zero-order chi connectivity index (χ0) is 20.1. The van der Waals surface area contributed by atoms with Crippen molar-refractivity contribution in [3.05, 3.63) is 29.6 Å². The number of fused-ring (bicyclic) bond motifs is 4. The molecule has 2 aliphatic heterocycles. The molecule has 2 atom stereocenters. The van der Waals surface area contributed by atoms with Crippen molar-refractivity contribution >= 4 is 11.8 Å². The maximum atomic E-state index is 13.8. The van der Waals surface area contributed by atoms with E-state index in [1.54, 1.807) is 0 Å². The lowest BCUT2D eigenvalue weighted by atomic mass is 10.0. The summed E-state index contributed by atoms with van der Waals surface area (Å²) in [5, 5.41) is 6.05. The van der Waals surface area contributed by atoms with Crippen LogP contribution in [0.25, 0.3) is 0 Å². The number of carbonyl (C=O) groups excluding carboxylic acids is 2. The Labute approximate surface area is 165 Å². The van der Waals surface area contributed by atoms with Crippen molar-refractivity contribution in [1.82, 2.24) is 15.5 Å². The molecular formula is C21H30FN3O3. The van der Waals surface area contributed by atoms with Crippen molar-refractivity contribution in [2.45, 2.75) is 39.2 Å². The van der Waals surface area contributed by atoms with E-state index in [9.17, 15) is 14.0 Å². The van der Waals surface area contributed by atoms with Crippen LogP contribution in [-0.4, -0.2) is 55.5 Å². The van der Waals surface area contributed by atoms with Gasteiger partial charge in [-0.05, 0) is 43.4 Å². The highest BCUT2D eigenvalue weighted by atomic mass is 19.1. The second-order valence-electron chi connectivity index (χ2n) is 8.19. The molecule has 0 radical (unpaired) electrons. The molecule has 2 heterocycles. The first-order chi connectivity index (χ1) is 13.4. The molecule has 0 aliphatic carbocycles. The molecule has 7 heteroatoms. The summed E-state index contributed by atoms with van der Waals surface area (Å²) in [6, 6.07) is 3.91. The third-order valence-electron chi connectivity index (χ3n) is 5.21. The highest BCUT2D eigenvalue weighted by Crippen LogP contribution is 2.23. The first-order valence-electron chi connectivity index (χ1n) is 10.2.